The lowest BCUT2D eigenvalue weighted by molar-refractivity contribution is -0.112. The summed E-state index contributed by atoms with van der Waals surface area (Å²) >= 11 is 0. The first-order valence-corrected chi connectivity index (χ1v) is 14.5. The number of anilines is 2. The van der Waals surface area contributed by atoms with Crippen LogP contribution in [0.3, 0.4) is 0 Å². The van der Waals surface area contributed by atoms with E-state index in [1.165, 1.54) is 76.2 Å². The fourth-order valence-corrected chi connectivity index (χ4v) is 4.55. The van der Waals surface area contributed by atoms with Crippen LogP contribution in [0.2, 0.25) is 0 Å². The molecule has 212 valence electrons. The molecule has 39 heavy (non-hydrogen) atoms. The highest BCUT2D eigenvalue weighted by molar-refractivity contribution is 6.51. The Balaban J connectivity index is 0.000000274. The van der Waals surface area contributed by atoms with Crippen molar-refractivity contribution in [3.05, 3.63) is 59.2 Å². The third-order valence-corrected chi connectivity index (χ3v) is 6.82. The summed E-state index contributed by atoms with van der Waals surface area (Å²) in [6, 6.07) is 13.5. The van der Waals surface area contributed by atoms with Crippen LogP contribution in [0.15, 0.2) is 47.6 Å². The summed E-state index contributed by atoms with van der Waals surface area (Å²) in [6.45, 7) is 4.45. The molecule has 0 fully saturated rings. The van der Waals surface area contributed by atoms with Gasteiger partial charge < -0.3 is 15.8 Å². The zero-order valence-electron chi connectivity index (χ0n) is 23.6. The Hall–Kier alpha value is -3.48. The Kier molecular flexibility index (Phi) is 15.2. The highest BCUT2D eigenvalue weighted by atomic mass is 16.4. The molecule has 0 bridgehead atoms. The SMILES string of the molecule is CCCCCCCCc1ccc(NC(=O)/C=N\O)cc1.CCCCCCCCc1ccc2c(c1)C(=O)C(=O)N2. The van der Waals surface area contributed by atoms with Gasteiger partial charge in [-0.2, -0.15) is 0 Å². The molecule has 7 nitrogen and oxygen atoms in total. The molecule has 1 heterocycles. The third-order valence-electron chi connectivity index (χ3n) is 6.82. The standard InChI is InChI=1S/C16H24N2O2.C16H21NO2/c1-2-3-4-5-6-7-8-14-9-11-15(12-10-14)18-16(19)13-17-20;1-2-3-4-5-6-7-8-12-9-10-14-13(11-12)15(18)16(19)17-14/h9-13,20H,2-8H2,1H3,(H,18,19);9-11H,2-8H2,1H3,(H,17,18,19)/b17-13-;. The molecule has 1 aliphatic rings. The topological polar surface area (TPSA) is 108 Å². The summed E-state index contributed by atoms with van der Waals surface area (Å²) in [6.07, 6.45) is 18.3. The quantitative estimate of drug-likeness (QED) is 0.0672. The van der Waals surface area contributed by atoms with E-state index in [1.807, 2.05) is 42.5 Å². The molecule has 1 aliphatic heterocycles. The number of fused-ring (bicyclic) bond motifs is 1. The number of aryl methyl sites for hydroxylation is 2. The van der Waals surface area contributed by atoms with Crippen LogP contribution in [0, 0.1) is 0 Å². The number of Topliss-reactive ketones (excluding diaryl/α,β-unsaturated/α-hetero) is 1. The van der Waals surface area contributed by atoms with Crippen molar-refractivity contribution in [3.8, 4) is 0 Å². The lowest BCUT2D eigenvalue weighted by Crippen LogP contribution is -2.12. The Bertz CT molecular complexity index is 1060. The minimum atomic E-state index is -0.508. The van der Waals surface area contributed by atoms with E-state index in [0.717, 1.165) is 31.0 Å². The Labute approximate surface area is 233 Å². The van der Waals surface area contributed by atoms with Gasteiger partial charge in [0.2, 0.25) is 0 Å². The van der Waals surface area contributed by atoms with Gasteiger partial charge in [-0.3, -0.25) is 14.4 Å². The maximum absolute atomic E-state index is 11.6. The summed E-state index contributed by atoms with van der Waals surface area (Å²) in [4.78, 5) is 34.0. The van der Waals surface area contributed by atoms with Crippen molar-refractivity contribution < 1.29 is 19.6 Å². The van der Waals surface area contributed by atoms with Crippen molar-refractivity contribution in [3.63, 3.8) is 0 Å². The lowest BCUT2D eigenvalue weighted by atomic mass is 10.0. The number of hydrogen-bond acceptors (Lipinski definition) is 5. The maximum Gasteiger partial charge on any atom is 0.296 e. The van der Waals surface area contributed by atoms with Crippen molar-refractivity contribution >= 4 is 35.2 Å². The number of nitrogens with zero attached hydrogens (tertiary/aromatic N) is 1. The van der Waals surface area contributed by atoms with E-state index in [4.69, 9.17) is 5.21 Å². The van der Waals surface area contributed by atoms with Crippen molar-refractivity contribution in [2.75, 3.05) is 10.6 Å². The first kappa shape index (κ1) is 31.7. The molecule has 3 N–H and O–H groups in total. The van der Waals surface area contributed by atoms with Gasteiger partial charge in [0.25, 0.3) is 17.6 Å². The molecule has 0 atom stereocenters. The van der Waals surface area contributed by atoms with Crippen molar-refractivity contribution in [1.82, 2.24) is 0 Å². The van der Waals surface area contributed by atoms with Gasteiger partial charge in [0.1, 0.15) is 6.21 Å². The molecule has 2 aromatic rings. The number of rotatable bonds is 16. The zero-order valence-corrected chi connectivity index (χ0v) is 23.6. The number of oxime groups is 1. The second kappa shape index (κ2) is 18.7. The molecule has 0 radical (unpaired) electrons. The minimum absolute atomic E-state index is 0.403. The predicted octanol–water partition coefficient (Wildman–Crippen LogP) is 7.71. The average molecular weight is 536 g/mol. The molecule has 0 aromatic heterocycles. The molecular weight excluding hydrogens is 490 g/mol. The number of ketones is 1. The van der Waals surface area contributed by atoms with Gasteiger partial charge in [-0.25, -0.2) is 0 Å². The van der Waals surface area contributed by atoms with E-state index < -0.39 is 17.6 Å². The van der Waals surface area contributed by atoms with Crippen LogP contribution in [0.25, 0.3) is 0 Å². The second-order valence-electron chi connectivity index (χ2n) is 10.1. The van der Waals surface area contributed by atoms with Crippen LogP contribution in [0.5, 0.6) is 0 Å². The van der Waals surface area contributed by atoms with E-state index >= 15 is 0 Å². The summed E-state index contributed by atoms with van der Waals surface area (Å²) in [5, 5.41) is 16.1. The fraction of sp³-hybridized carbons (Fsp3) is 0.500. The molecule has 0 aliphatic carbocycles. The van der Waals surface area contributed by atoms with Crippen molar-refractivity contribution in [1.29, 1.82) is 0 Å². The number of carbonyl (C=O) groups is 3. The van der Waals surface area contributed by atoms with Crippen LogP contribution in [-0.2, 0) is 22.4 Å². The molecule has 2 aromatic carbocycles. The van der Waals surface area contributed by atoms with Gasteiger partial charge in [-0.1, -0.05) is 101 Å². The van der Waals surface area contributed by atoms with Crippen LogP contribution in [-0.4, -0.2) is 29.0 Å². The monoisotopic (exact) mass is 535 g/mol. The second-order valence-corrected chi connectivity index (χ2v) is 10.1. The summed E-state index contributed by atoms with van der Waals surface area (Å²) < 4.78 is 0. The molecule has 2 amide bonds. The maximum atomic E-state index is 11.6. The van der Waals surface area contributed by atoms with E-state index in [-0.39, 0.29) is 0 Å². The smallest absolute Gasteiger partial charge is 0.296 e. The van der Waals surface area contributed by atoms with Gasteiger partial charge in [-0.05, 0) is 61.1 Å². The number of unbranched alkanes of at least 4 members (excludes halogenated alkanes) is 10. The minimum Gasteiger partial charge on any atom is -0.411 e. The normalized spacial score (nSPS) is 12.2. The number of hydrogen-bond donors (Lipinski definition) is 3. The van der Waals surface area contributed by atoms with Crippen LogP contribution in [0.4, 0.5) is 11.4 Å². The molecule has 7 heteroatoms. The molecular formula is C32H45N3O4. The molecule has 0 saturated carbocycles. The van der Waals surface area contributed by atoms with Crippen LogP contribution >= 0.6 is 0 Å². The Morgan fingerprint density at radius 2 is 1.33 bits per heavy atom. The predicted molar refractivity (Wildman–Crippen MR) is 159 cm³/mol. The lowest BCUT2D eigenvalue weighted by Gasteiger charge is -2.05. The number of carbonyl (C=O) groups excluding carboxylic acids is 3. The number of amides is 2. The summed E-state index contributed by atoms with van der Waals surface area (Å²) in [5.41, 5.74) is 4.34. The number of benzene rings is 2. The summed E-state index contributed by atoms with van der Waals surface area (Å²) in [5.74, 6) is -1.34. The third kappa shape index (κ3) is 12.3. The van der Waals surface area contributed by atoms with Gasteiger partial charge in [-0.15, -0.1) is 0 Å². The van der Waals surface area contributed by atoms with Crippen LogP contribution in [0.1, 0.15) is 112 Å². The van der Waals surface area contributed by atoms with Crippen molar-refractivity contribution in [2.24, 2.45) is 5.16 Å². The van der Waals surface area contributed by atoms with E-state index in [9.17, 15) is 14.4 Å². The first-order valence-electron chi connectivity index (χ1n) is 14.5. The van der Waals surface area contributed by atoms with E-state index in [2.05, 4.69) is 29.6 Å². The zero-order chi connectivity index (χ0) is 28.3. The van der Waals surface area contributed by atoms with Crippen molar-refractivity contribution in [2.45, 2.75) is 104 Å². The highest BCUT2D eigenvalue weighted by Gasteiger charge is 2.27. The summed E-state index contributed by atoms with van der Waals surface area (Å²) in [7, 11) is 0. The highest BCUT2D eigenvalue weighted by Crippen LogP contribution is 2.24. The van der Waals surface area contributed by atoms with E-state index in [1.54, 1.807) is 0 Å². The molecule has 0 unspecified atom stereocenters. The Morgan fingerprint density at radius 3 is 1.92 bits per heavy atom. The van der Waals surface area contributed by atoms with Gasteiger partial charge in [0.15, 0.2) is 0 Å². The average Bonchev–Trinajstić information content (AvgIpc) is 3.22. The van der Waals surface area contributed by atoms with Gasteiger partial charge in [0, 0.05) is 5.69 Å². The number of nitrogens with one attached hydrogen (secondary N) is 2. The molecule has 3 rings (SSSR count). The Morgan fingerprint density at radius 1 is 0.795 bits per heavy atom. The fourth-order valence-electron chi connectivity index (χ4n) is 4.55. The molecule has 0 spiro atoms. The largest absolute Gasteiger partial charge is 0.411 e. The molecule has 0 saturated heterocycles. The van der Waals surface area contributed by atoms with Crippen LogP contribution < -0.4 is 10.6 Å². The van der Waals surface area contributed by atoms with Gasteiger partial charge >= 0.3 is 0 Å². The first-order chi connectivity index (χ1) is 19.0. The van der Waals surface area contributed by atoms with Gasteiger partial charge in [0.05, 0.1) is 11.3 Å². The van der Waals surface area contributed by atoms with E-state index in [0.29, 0.717) is 16.9 Å².